The van der Waals surface area contributed by atoms with Crippen LogP contribution in [0.1, 0.15) is 64.4 Å². The van der Waals surface area contributed by atoms with Gasteiger partial charge >= 0.3 is 0 Å². The molecule has 1 saturated carbocycles. The van der Waals surface area contributed by atoms with Gasteiger partial charge in [0, 0.05) is 17.9 Å². The molecule has 1 aliphatic carbocycles. The van der Waals surface area contributed by atoms with Crippen molar-refractivity contribution in [2.45, 2.75) is 70.3 Å². The molecule has 0 heterocycles. The number of benzene rings is 1. The van der Waals surface area contributed by atoms with E-state index in [2.05, 4.69) is 54.4 Å². The molecule has 0 spiro atoms. The highest BCUT2D eigenvalue weighted by Crippen LogP contribution is 2.45. The van der Waals surface area contributed by atoms with Gasteiger partial charge in [-0.3, -0.25) is 0 Å². The van der Waals surface area contributed by atoms with Crippen molar-refractivity contribution in [1.29, 1.82) is 0 Å². The van der Waals surface area contributed by atoms with Crippen LogP contribution in [-0.2, 0) is 5.41 Å². The van der Waals surface area contributed by atoms with Crippen LogP contribution in [0.3, 0.4) is 0 Å². The van der Waals surface area contributed by atoms with Crippen LogP contribution in [0.4, 0.5) is 0 Å². The lowest BCUT2D eigenvalue weighted by atomic mass is 9.71. The van der Waals surface area contributed by atoms with E-state index in [4.69, 9.17) is 0 Å². The fraction of sp³-hybridized carbons (Fsp3) is 0.600. The molecule has 1 aliphatic rings. The largest absolute Gasteiger partial charge is 0.313 e. The molecule has 1 unspecified atom stereocenters. The average molecular weight is 283 g/mol. The van der Waals surface area contributed by atoms with E-state index in [1.54, 1.807) is 0 Å². The normalized spacial score (nSPS) is 18.0. The third-order valence-electron chi connectivity index (χ3n) is 4.89. The minimum Gasteiger partial charge on any atom is -0.313 e. The molecule has 2 rings (SSSR count). The van der Waals surface area contributed by atoms with Gasteiger partial charge in [-0.15, -0.1) is 11.8 Å². The van der Waals surface area contributed by atoms with Gasteiger partial charge in [0.25, 0.3) is 0 Å². The Kier molecular flexibility index (Phi) is 6.33. The molecule has 1 heteroatoms. The molecule has 1 atom stereocenters. The van der Waals surface area contributed by atoms with E-state index in [9.17, 15) is 0 Å². The molecule has 0 amide bonds. The summed E-state index contributed by atoms with van der Waals surface area (Å²) in [5.74, 6) is 6.30. The minimum absolute atomic E-state index is 0.325. The second kappa shape index (κ2) is 8.25. The Hall–Kier alpha value is -1.26. The highest BCUT2D eigenvalue weighted by Gasteiger charge is 2.41. The topological polar surface area (TPSA) is 12.0 Å². The lowest BCUT2D eigenvalue weighted by Crippen LogP contribution is -2.47. The summed E-state index contributed by atoms with van der Waals surface area (Å²) in [5, 5.41) is 3.84. The predicted octanol–water partition coefficient (Wildman–Crippen LogP) is 4.67. The van der Waals surface area contributed by atoms with Gasteiger partial charge in [0.2, 0.25) is 0 Å². The van der Waals surface area contributed by atoms with Gasteiger partial charge in [-0.25, -0.2) is 0 Å². The summed E-state index contributed by atoms with van der Waals surface area (Å²) >= 11 is 0. The van der Waals surface area contributed by atoms with Gasteiger partial charge in [-0.1, -0.05) is 50.1 Å². The first-order valence-corrected chi connectivity index (χ1v) is 8.52. The Bertz CT molecular complexity index is 460. The van der Waals surface area contributed by atoms with E-state index < -0.39 is 0 Å². The van der Waals surface area contributed by atoms with E-state index in [1.807, 2.05) is 6.92 Å². The van der Waals surface area contributed by atoms with Gasteiger partial charge in [0.15, 0.2) is 0 Å². The zero-order valence-corrected chi connectivity index (χ0v) is 13.6. The molecular weight excluding hydrogens is 254 g/mol. The summed E-state index contributed by atoms with van der Waals surface area (Å²) < 4.78 is 0. The molecule has 0 aliphatic heterocycles. The summed E-state index contributed by atoms with van der Waals surface area (Å²) in [6, 6.07) is 11.7. The molecule has 114 valence electrons. The van der Waals surface area contributed by atoms with E-state index >= 15 is 0 Å². The monoisotopic (exact) mass is 283 g/mol. The van der Waals surface area contributed by atoms with Crippen molar-refractivity contribution in [3.63, 3.8) is 0 Å². The molecule has 0 aromatic heterocycles. The number of nitrogens with one attached hydrogen (secondary N) is 1. The Morgan fingerprint density at radius 2 is 1.90 bits per heavy atom. The minimum atomic E-state index is 0.325. The average Bonchev–Trinajstić information content (AvgIpc) is 3.02. The van der Waals surface area contributed by atoms with Gasteiger partial charge in [0.1, 0.15) is 0 Å². The summed E-state index contributed by atoms with van der Waals surface area (Å²) in [7, 11) is 0. The summed E-state index contributed by atoms with van der Waals surface area (Å²) in [5.41, 5.74) is 1.85. The predicted molar refractivity (Wildman–Crippen MR) is 91.4 cm³/mol. The van der Waals surface area contributed by atoms with Crippen LogP contribution in [-0.4, -0.2) is 12.6 Å². The van der Waals surface area contributed by atoms with Crippen LogP contribution in [0, 0.1) is 11.8 Å². The Labute approximate surface area is 130 Å². The molecule has 1 aromatic rings. The molecule has 1 N–H and O–H groups in total. The lowest BCUT2D eigenvalue weighted by Gasteiger charge is -2.39. The Morgan fingerprint density at radius 1 is 1.19 bits per heavy atom. The van der Waals surface area contributed by atoms with E-state index in [0.29, 0.717) is 11.5 Å². The van der Waals surface area contributed by atoms with Crippen molar-refractivity contribution in [3.05, 3.63) is 35.9 Å². The van der Waals surface area contributed by atoms with Crippen molar-refractivity contribution >= 4 is 0 Å². The van der Waals surface area contributed by atoms with Crippen LogP contribution in [0.15, 0.2) is 30.3 Å². The molecule has 1 aromatic carbocycles. The second-order valence-electron chi connectivity index (χ2n) is 6.20. The zero-order valence-electron chi connectivity index (χ0n) is 13.6. The molecule has 0 radical (unpaired) electrons. The Balaban J connectivity index is 2.23. The molecule has 1 nitrogen and oxygen atoms in total. The fourth-order valence-corrected chi connectivity index (χ4v) is 3.85. The van der Waals surface area contributed by atoms with Crippen LogP contribution >= 0.6 is 0 Å². The lowest BCUT2D eigenvalue weighted by molar-refractivity contribution is 0.283. The van der Waals surface area contributed by atoms with Crippen molar-refractivity contribution in [3.8, 4) is 11.8 Å². The van der Waals surface area contributed by atoms with Crippen LogP contribution in [0.2, 0.25) is 0 Å². The van der Waals surface area contributed by atoms with Crippen LogP contribution in [0.25, 0.3) is 0 Å². The first kappa shape index (κ1) is 16.1. The van der Waals surface area contributed by atoms with Crippen molar-refractivity contribution in [1.82, 2.24) is 5.32 Å². The SMILES string of the molecule is CC#CCCC(NCCC)C1(c2ccccc2)CCCC1. The van der Waals surface area contributed by atoms with Crippen molar-refractivity contribution in [2.75, 3.05) is 6.54 Å². The van der Waals surface area contributed by atoms with Crippen LogP contribution < -0.4 is 5.32 Å². The number of hydrogen-bond acceptors (Lipinski definition) is 1. The highest BCUT2D eigenvalue weighted by molar-refractivity contribution is 5.29. The maximum absolute atomic E-state index is 3.84. The first-order valence-electron chi connectivity index (χ1n) is 8.52. The molecule has 0 bridgehead atoms. The third kappa shape index (κ3) is 3.89. The third-order valence-corrected chi connectivity index (χ3v) is 4.89. The van der Waals surface area contributed by atoms with Crippen molar-refractivity contribution < 1.29 is 0 Å². The quantitative estimate of drug-likeness (QED) is 0.717. The first-order chi connectivity index (χ1) is 10.3. The molecule has 1 fully saturated rings. The maximum atomic E-state index is 3.84. The van der Waals surface area contributed by atoms with Gasteiger partial charge in [-0.05, 0) is 44.7 Å². The number of rotatable bonds is 7. The summed E-state index contributed by atoms with van der Waals surface area (Å²) in [6.07, 6.45) is 8.72. The van der Waals surface area contributed by atoms with E-state index in [1.165, 1.54) is 37.7 Å². The zero-order chi connectivity index (χ0) is 15.0. The van der Waals surface area contributed by atoms with E-state index in [-0.39, 0.29) is 0 Å². The molecule has 21 heavy (non-hydrogen) atoms. The fourth-order valence-electron chi connectivity index (χ4n) is 3.85. The van der Waals surface area contributed by atoms with Crippen LogP contribution in [0.5, 0.6) is 0 Å². The maximum Gasteiger partial charge on any atom is 0.0173 e. The van der Waals surface area contributed by atoms with E-state index in [0.717, 1.165) is 19.4 Å². The number of hydrogen-bond donors (Lipinski definition) is 1. The second-order valence-corrected chi connectivity index (χ2v) is 6.20. The van der Waals surface area contributed by atoms with Crippen molar-refractivity contribution in [2.24, 2.45) is 0 Å². The standard InChI is InChI=1S/C20H29N/c1-3-5-7-14-19(21-17-4-2)20(15-10-11-16-20)18-12-8-6-9-13-18/h6,8-9,12-13,19,21H,4,7,10-11,14-17H2,1-2H3. The van der Waals surface area contributed by atoms with Gasteiger partial charge in [0.05, 0.1) is 0 Å². The molecule has 0 saturated heterocycles. The van der Waals surface area contributed by atoms with Gasteiger partial charge in [-0.2, -0.15) is 0 Å². The highest BCUT2D eigenvalue weighted by atomic mass is 14.9. The summed E-state index contributed by atoms with van der Waals surface area (Å²) in [6.45, 7) is 5.30. The smallest absolute Gasteiger partial charge is 0.0173 e. The Morgan fingerprint density at radius 3 is 2.52 bits per heavy atom. The van der Waals surface area contributed by atoms with Gasteiger partial charge < -0.3 is 5.32 Å². The summed E-state index contributed by atoms with van der Waals surface area (Å²) in [4.78, 5) is 0. The molecular formula is C20H29N.